The molecule has 0 aliphatic carbocycles. The second-order valence-corrected chi connectivity index (χ2v) is 15.1. The standard InChI is InChI=1S/C54H33N7/c1-34-14-13-23-50(61-46-22-12-10-20-41(46)43-32-39(56-2)26-29-48(43)61)51(34)44-31-38(54-58-52(36-15-5-3-6-16-36)57-53(59-54)37-17-7-4-8-18-37)25-28-49(44)60-45-21-11-9-19-40(45)42-30-35(33-55)24-27-47(42)60/h3-32H,1H3. The highest BCUT2D eigenvalue weighted by Gasteiger charge is 2.23. The number of benzene rings is 8. The molecule has 0 saturated heterocycles. The molecule has 284 valence electrons. The number of aryl methyl sites for hydroxylation is 1. The third-order valence-electron chi connectivity index (χ3n) is 11.5. The zero-order valence-electron chi connectivity index (χ0n) is 33.0. The number of nitrogens with zero attached hydrogens (tertiary/aromatic N) is 7. The smallest absolute Gasteiger partial charge is 0.188 e. The fourth-order valence-electron chi connectivity index (χ4n) is 8.79. The van der Waals surface area contributed by atoms with Crippen molar-refractivity contribution in [3.05, 3.63) is 205 Å². The fraction of sp³-hybridized carbons (Fsp3) is 0.0185. The minimum atomic E-state index is 0.556. The van der Waals surface area contributed by atoms with Gasteiger partial charge in [-0.05, 0) is 84.6 Å². The summed E-state index contributed by atoms with van der Waals surface area (Å²) in [6, 6.07) is 64.0. The maximum atomic E-state index is 9.95. The highest BCUT2D eigenvalue weighted by Crippen LogP contribution is 2.44. The van der Waals surface area contributed by atoms with Crippen LogP contribution in [0.1, 0.15) is 11.1 Å². The lowest BCUT2D eigenvalue weighted by Crippen LogP contribution is -2.04. The van der Waals surface area contributed by atoms with E-state index < -0.39 is 0 Å². The minimum Gasteiger partial charge on any atom is -0.309 e. The Kier molecular flexibility index (Phi) is 8.33. The molecule has 7 nitrogen and oxygen atoms in total. The van der Waals surface area contributed by atoms with Gasteiger partial charge in [-0.1, -0.05) is 115 Å². The van der Waals surface area contributed by atoms with E-state index >= 15 is 0 Å². The normalized spacial score (nSPS) is 11.3. The molecule has 0 radical (unpaired) electrons. The van der Waals surface area contributed by atoms with E-state index in [1.807, 2.05) is 91.0 Å². The van der Waals surface area contributed by atoms with Crippen molar-refractivity contribution >= 4 is 49.3 Å². The second kappa shape index (κ2) is 14.3. The van der Waals surface area contributed by atoms with Crippen molar-refractivity contribution < 1.29 is 0 Å². The highest BCUT2D eigenvalue weighted by atomic mass is 15.0. The van der Waals surface area contributed by atoms with E-state index in [1.165, 1.54) is 0 Å². The van der Waals surface area contributed by atoms with Crippen LogP contribution in [-0.4, -0.2) is 24.1 Å². The Balaban J connectivity index is 1.25. The van der Waals surface area contributed by atoms with Crippen LogP contribution in [-0.2, 0) is 0 Å². The Hall–Kier alpha value is -8.65. The van der Waals surface area contributed by atoms with Crippen LogP contribution < -0.4 is 0 Å². The summed E-state index contributed by atoms with van der Waals surface area (Å²) in [6.07, 6.45) is 0. The van der Waals surface area contributed by atoms with E-state index in [4.69, 9.17) is 21.5 Å². The maximum absolute atomic E-state index is 9.95. The quantitative estimate of drug-likeness (QED) is 0.158. The third-order valence-corrected chi connectivity index (χ3v) is 11.5. The molecule has 0 amide bonds. The molecule has 11 rings (SSSR count). The van der Waals surface area contributed by atoms with Crippen LogP contribution in [0.5, 0.6) is 0 Å². The summed E-state index contributed by atoms with van der Waals surface area (Å²) >= 11 is 0. The molecule has 0 spiro atoms. The fourth-order valence-corrected chi connectivity index (χ4v) is 8.79. The maximum Gasteiger partial charge on any atom is 0.188 e. The van der Waals surface area contributed by atoms with E-state index in [0.29, 0.717) is 28.7 Å². The van der Waals surface area contributed by atoms with Crippen molar-refractivity contribution in [3.63, 3.8) is 0 Å². The highest BCUT2D eigenvalue weighted by molar-refractivity contribution is 6.12. The van der Waals surface area contributed by atoms with Gasteiger partial charge in [0.15, 0.2) is 23.2 Å². The topological polar surface area (TPSA) is 76.7 Å². The molecule has 0 N–H and O–H groups in total. The molecule has 0 atom stereocenters. The van der Waals surface area contributed by atoms with Crippen LogP contribution in [0.4, 0.5) is 5.69 Å². The predicted molar refractivity (Wildman–Crippen MR) is 246 cm³/mol. The number of nitriles is 1. The lowest BCUT2D eigenvalue weighted by atomic mass is 9.94. The molecule has 0 saturated carbocycles. The summed E-state index contributed by atoms with van der Waals surface area (Å²) < 4.78 is 4.64. The number of para-hydroxylation sites is 2. The molecule has 0 aliphatic rings. The monoisotopic (exact) mass is 779 g/mol. The van der Waals surface area contributed by atoms with Crippen molar-refractivity contribution in [2.75, 3.05) is 0 Å². The Morgan fingerprint density at radius 3 is 1.64 bits per heavy atom. The first kappa shape index (κ1) is 35.5. The van der Waals surface area contributed by atoms with Crippen LogP contribution >= 0.6 is 0 Å². The summed E-state index contributed by atoms with van der Waals surface area (Å²) in [5.74, 6) is 1.73. The SMILES string of the molecule is [C-]#[N+]c1ccc2c(c1)c1ccccc1n2-c1cccc(C)c1-c1cc(-c2nc(-c3ccccc3)nc(-c3ccccc3)n2)ccc1-n1c2ccccc2c2cc(C#N)ccc21. The first-order valence-electron chi connectivity index (χ1n) is 20.0. The molecule has 0 unspecified atom stereocenters. The van der Waals surface area contributed by atoms with Gasteiger partial charge in [0.2, 0.25) is 0 Å². The molecule has 0 fully saturated rings. The van der Waals surface area contributed by atoms with Crippen LogP contribution in [0.3, 0.4) is 0 Å². The average Bonchev–Trinajstić information content (AvgIpc) is 3.83. The zero-order valence-corrected chi connectivity index (χ0v) is 33.0. The van der Waals surface area contributed by atoms with Crippen molar-refractivity contribution in [2.24, 2.45) is 0 Å². The number of fused-ring (bicyclic) bond motifs is 6. The van der Waals surface area contributed by atoms with E-state index in [2.05, 4.69) is 118 Å². The predicted octanol–water partition coefficient (Wildman–Crippen LogP) is 13.5. The summed E-state index contributed by atoms with van der Waals surface area (Å²) in [5, 5.41) is 14.1. The number of aromatic nitrogens is 5. The summed E-state index contributed by atoms with van der Waals surface area (Å²) in [4.78, 5) is 19.1. The minimum absolute atomic E-state index is 0.556. The molecular weight excluding hydrogens is 747 g/mol. The van der Waals surface area contributed by atoms with Gasteiger partial charge in [-0.3, -0.25) is 0 Å². The number of hydrogen-bond acceptors (Lipinski definition) is 4. The summed E-state index contributed by atoms with van der Waals surface area (Å²) in [5.41, 5.74) is 13.0. The van der Waals surface area contributed by atoms with Gasteiger partial charge in [0.05, 0.1) is 51.6 Å². The van der Waals surface area contributed by atoms with Crippen LogP contribution in [0, 0.1) is 24.8 Å². The molecule has 61 heavy (non-hydrogen) atoms. The van der Waals surface area contributed by atoms with Gasteiger partial charge in [-0.25, -0.2) is 19.8 Å². The second-order valence-electron chi connectivity index (χ2n) is 15.1. The van der Waals surface area contributed by atoms with Crippen LogP contribution in [0.2, 0.25) is 0 Å². The molecular formula is C54H33N7. The average molecular weight is 780 g/mol. The first-order chi connectivity index (χ1) is 30.1. The van der Waals surface area contributed by atoms with Gasteiger partial charge >= 0.3 is 0 Å². The lowest BCUT2D eigenvalue weighted by Gasteiger charge is -2.21. The molecule has 3 heterocycles. The van der Waals surface area contributed by atoms with Crippen LogP contribution in [0.25, 0.3) is 105 Å². The van der Waals surface area contributed by atoms with E-state index in [1.54, 1.807) is 0 Å². The van der Waals surface area contributed by atoms with Gasteiger partial charge in [0.25, 0.3) is 0 Å². The zero-order chi connectivity index (χ0) is 41.0. The summed E-state index contributed by atoms with van der Waals surface area (Å²) in [7, 11) is 0. The van der Waals surface area contributed by atoms with Crippen molar-refractivity contribution in [2.45, 2.75) is 6.92 Å². The third kappa shape index (κ3) is 5.84. The molecule has 3 aromatic heterocycles. The number of rotatable bonds is 6. The van der Waals surface area contributed by atoms with Gasteiger partial charge in [0, 0.05) is 44.0 Å². The van der Waals surface area contributed by atoms with Crippen molar-refractivity contribution in [3.8, 4) is 62.7 Å². The largest absolute Gasteiger partial charge is 0.309 e. The molecule has 0 bridgehead atoms. The summed E-state index contributed by atoms with van der Waals surface area (Å²) in [6.45, 7) is 9.97. The van der Waals surface area contributed by atoms with E-state index in [-0.39, 0.29) is 0 Å². The van der Waals surface area contributed by atoms with Gasteiger partial charge in [-0.2, -0.15) is 5.26 Å². The van der Waals surface area contributed by atoms with E-state index in [0.717, 1.165) is 88.4 Å². The van der Waals surface area contributed by atoms with Gasteiger partial charge in [-0.15, -0.1) is 0 Å². The van der Waals surface area contributed by atoms with Gasteiger partial charge in [0.1, 0.15) is 0 Å². The molecule has 0 aliphatic heterocycles. The molecule has 7 heteroatoms. The molecule has 11 aromatic rings. The Morgan fingerprint density at radius 2 is 1.02 bits per heavy atom. The van der Waals surface area contributed by atoms with Gasteiger partial charge < -0.3 is 9.13 Å². The first-order valence-corrected chi connectivity index (χ1v) is 20.0. The molecule has 8 aromatic carbocycles. The lowest BCUT2D eigenvalue weighted by molar-refractivity contribution is 1.07. The number of hydrogen-bond donors (Lipinski definition) is 0. The van der Waals surface area contributed by atoms with Crippen molar-refractivity contribution in [1.29, 1.82) is 5.26 Å². The van der Waals surface area contributed by atoms with Crippen molar-refractivity contribution in [1.82, 2.24) is 24.1 Å². The Bertz CT molecular complexity index is 3570. The Labute approximate surface area is 351 Å². The Morgan fingerprint density at radius 1 is 0.475 bits per heavy atom. The van der Waals surface area contributed by atoms with E-state index in [9.17, 15) is 5.26 Å². The van der Waals surface area contributed by atoms with Crippen LogP contribution in [0.15, 0.2) is 182 Å².